The van der Waals surface area contributed by atoms with Crippen molar-refractivity contribution < 1.29 is 0 Å². The summed E-state index contributed by atoms with van der Waals surface area (Å²) in [5.74, 6) is 0. The van der Waals surface area contributed by atoms with Gasteiger partial charge in [0.05, 0.1) is 0 Å². The van der Waals surface area contributed by atoms with Crippen molar-refractivity contribution in [2.75, 3.05) is 58.3 Å². The average molecular weight is 247 g/mol. The van der Waals surface area contributed by atoms with Gasteiger partial charge in [0.25, 0.3) is 0 Å². The van der Waals surface area contributed by atoms with Gasteiger partial charge in [-0.05, 0) is 32.6 Å². The third-order valence-corrected chi connectivity index (χ3v) is 3.69. The zero-order chi connectivity index (χ0) is 13.0. The first-order chi connectivity index (χ1) is 8.66. The molecule has 3 nitrogen and oxygen atoms in total. The number of aryl methyl sites for hydroxylation is 1. The normalized spacial score (nSPS) is 17.4. The van der Waals surface area contributed by atoms with E-state index in [4.69, 9.17) is 0 Å². The first-order valence-corrected chi connectivity index (χ1v) is 6.84. The van der Waals surface area contributed by atoms with Crippen LogP contribution in [0.5, 0.6) is 0 Å². The molecule has 0 amide bonds. The van der Waals surface area contributed by atoms with E-state index in [1.165, 1.54) is 30.9 Å². The van der Waals surface area contributed by atoms with Crippen LogP contribution >= 0.6 is 0 Å². The van der Waals surface area contributed by atoms with E-state index in [0.717, 1.165) is 19.6 Å². The average Bonchev–Trinajstić information content (AvgIpc) is 2.38. The molecule has 1 fully saturated rings. The highest BCUT2D eigenvalue weighted by atomic mass is 15.3. The van der Waals surface area contributed by atoms with E-state index in [1.54, 1.807) is 0 Å². The maximum absolute atomic E-state index is 2.56. The van der Waals surface area contributed by atoms with Crippen molar-refractivity contribution in [3.63, 3.8) is 0 Å². The third-order valence-electron chi connectivity index (χ3n) is 3.69. The van der Waals surface area contributed by atoms with Crippen LogP contribution in [-0.4, -0.2) is 63.2 Å². The van der Waals surface area contributed by atoms with Gasteiger partial charge >= 0.3 is 0 Å². The predicted molar refractivity (Wildman–Crippen MR) is 78.4 cm³/mol. The number of likely N-dealkylation sites (N-methyl/N-ethyl adjacent to an activating group) is 1. The molecule has 0 N–H and O–H groups in total. The largest absolute Gasteiger partial charge is 0.369 e. The van der Waals surface area contributed by atoms with Crippen molar-refractivity contribution in [2.24, 2.45) is 0 Å². The molecule has 100 valence electrons. The Morgan fingerprint density at radius 3 is 2.33 bits per heavy atom. The first-order valence-electron chi connectivity index (χ1n) is 6.84. The standard InChI is InChI=1S/C15H25N3/c1-14-6-4-5-7-15(14)18-12-10-17(11-13-18)9-8-16(2)3/h4-7H,8-13H2,1-3H3. The Kier molecular flexibility index (Phi) is 4.61. The minimum Gasteiger partial charge on any atom is -0.369 e. The predicted octanol–water partition coefficient (Wildman–Crippen LogP) is 1.68. The van der Waals surface area contributed by atoms with Gasteiger partial charge in [0, 0.05) is 45.0 Å². The van der Waals surface area contributed by atoms with E-state index in [2.05, 4.69) is 60.0 Å². The minimum absolute atomic E-state index is 1.15. The van der Waals surface area contributed by atoms with Gasteiger partial charge in [-0.2, -0.15) is 0 Å². The molecule has 0 saturated carbocycles. The summed E-state index contributed by atoms with van der Waals surface area (Å²) in [5, 5.41) is 0. The summed E-state index contributed by atoms with van der Waals surface area (Å²) in [6.07, 6.45) is 0. The molecule has 0 aromatic heterocycles. The van der Waals surface area contributed by atoms with Crippen LogP contribution in [0.1, 0.15) is 5.56 Å². The van der Waals surface area contributed by atoms with Gasteiger partial charge in [-0.1, -0.05) is 18.2 Å². The molecule has 18 heavy (non-hydrogen) atoms. The van der Waals surface area contributed by atoms with Gasteiger partial charge in [-0.15, -0.1) is 0 Å². The molecule has 1 saturated heterocycles. The summed E-state index contributed by atoms with van der Waals surface area (Å²) < 4.78 is 0. The molecule has 1 aliphatic heterocycles. The smallest absolute Gasteiger partial charge is 0.0396 e. The second-order valence-electron chi connectivity index (χ2n) is 5.42. The molecule has 1 heterocycles. The molecule has 0 aliphatic carbocycles. The highest BCUT2D eigenvalue weighted by Crippen LogP contribution is 2.20. The van der Waals surface area contributed by atoms with Gasteiger partial charge < -0.3 is 9.80 Å². The van der Waals surface area contributed by atoms with Crippen molar-refractivity contribution >= 4 is 5.69 Å². The van der Waals surface area contributed by atoms with Gasteiger partial charge in [-0.25, -0.2) is 0 Å². The van der Waals surface area contributed by atoms with E-state index in [9.17, 15) is 0 Å². The van der Waals surface area contributed by atoms with Crippen molar-refractivity contribution in [3.05, 3.63) is 29.8 Å². The molecule has 3 heteroatoms. The fourth-order valence-electron chi connectivity index (χ4n) is 2.47. The van der Waals surface area contributed by atoms with Crippen LogP contribution < -0.4 is 4.90 Å². The topological polar surface area (TPSA) is 9.72 Å². The number of benzene rings is 1. The van der Waals surface area contributed by atoms with E-state index in [0.29, 0.717) is 0 Å². The van der Waals surface area contributed by atoms with Gasteiger partial charge in [0.1, 0.15) is 0 Å². The number of rotatable bonds is 4. The summed E-state index contributed by atoms with van der Waals surface area (Å²) in [6, 6.07) is 8.70. The van der Waals surface area contributed by atoms with Crippen LogP contribution in [0, 0.1) is 6.92 Å². The van der Waals surface area contributed by atoms with Crippen molar-refractivity contribution in [1.29, 1.82) is 0 Å². The first kappa shape index (κ1) is 13.4. The number of nitrogens with zero attached hydrogens (tertiary/aromatic N) is 3. The Morgan fingerprint density at radius 1 is 1.06 bits per heavy atom. The van der Waals surface area contributed by atoms with Gasteiger partial charge in [0.15, 0.2) is 0 Å². The molecular formula is C15H25N3. The lowest BCUT2D eigenvalue weighted by atomic mass is 10.1. The lowest BCUT2D eigenvalue weighted by Crippen LogP contribution is -2.48. The van der Waals surface area contributed by atoms with E-state index in [-0.39, 0.29) is 0 Å². The summed E-state index contributed by atoms with van der Waals surface area (Å²) in [7, 11) is 4.28. The Bertz CT molecular complexity index is 368. The molecule has 2 rings (SSSR count). The number of hydrogen-bond donors (Lipinski definition) is 0. The molecule has 1 aromatic rings. The van der Waals surface area contributed by atoms with Gasteiger partial charge in [0.2, 0.25) is 0 Å². The Hall–Kier alpha value is -1.06. The zero-order valence-electron chi connectivity index (χ0n) is 11.9. The molecule has 1 aromatic carbocycles. The van der Waals surface area contributed by atoms with E-state index < -0.39 is 0 Å². The third kappa shape index (κ3) is 3.47. The number of anilines is 1. The number of hydrogen-bond acceptors (Lipinski definition) is 3. The molecule has 0 radical (unpaired) electrons. The summed E-state index contributed by atoms with van der Waals surface area (Å²) in [6.45, 7) is 9.22. The maximum atomic E-state index is 2.56. The fourth-order valence-corrected chi connectivity index (χ4v) is 2.47. The number of para-hydroxylation sites is 1. The summed E-state index contributed by atoms with van der Waals surface area (Å²) in [5.41, 5.74) is 2.80. The zero-order valence-corrected chi connectivity index (χ0v) is 11.9. The molecule has 0 spiro atoms. The highest BCUT2D eigenvalue weighted by molar-refractivity contribution is 5.53. The number of piperazine rings is 1. The molecule has 1 aliphatic rings. The van der Waals surface area contributed by atoms with Crippen molar-refractivity contribution in [3.8, 4) is 0 Å². The van der Waals surface area contributed by atoms with Crippen LogP contribution in [0.25, 0.3) is 0 Å². The van der Waals surface area contributed by atoms with Gasteiger partial charge in [-0.3, -0.25) is 4.90 Å². The molecule has 0 unspecified atom stereocenters. The van der Waals surface area contributed by atoms with Crippen molar-refractivity contribution in [2.45, 2.75) is 6.92 Å². The van der Waals surface area contributed by atoms with Crippen LogP contribution in [0.4, 0.5) is 5.69 Å². The minimum atomic E-state index is 1.15. The molecule has 0 atom stereocenters. The summed E-state index contributed by atoms with van der Waals surface area (Å²) >= 11 is 0. The van der Waals surface area contributed by atoms with E-state index >= 15 is 0 Å². The quantitative estimate of drug-likeness (QED) is 0.801. The SMILES string of the molecule is Cc1ccccc1N1CCN(CCN(C)C)CC1. The lowest BCUT2D eigenvalue weighted by Gasteiger charge is -2.37. The lowest BCUT2D eigenvalue weighted by molar-refractivity contribution is 0.229. The highest BCUT2D eigenvalue weighted by Gasteiger charge is 2.17. The summed E-state index contributed by atoms with van der Waals surface area (Å²) in [4.78, 5) is 7.34. The van der Waals surface area contributed by atoms with Crippen LogP contribution in [0.3, 0.4) is 0 Å². The van der Waals surface area contributed by atoms with Crippen LogP contribution in [0.15, 0.2) is 24.3 Å². The Labute approximate surface area is 111 Å². The molecule has 0 bridgehead atoms. The fraction of sp³-hybridized carbons (Fsp3) is 0.600. The van der Waals surface area contributed by atoms with Crippen LogP contribution in [-0.2, 0) is 0 Å². The Morgan fingerprint density at radius 2 is 1.72 bits per heavy atom. The van der Waals surface area contributed by atoms with Crippen molar-refractivity contribution in [1.82, 2.24) is 9.80 Å². The monoisotopic (exact) mass is 247 g/mol. The Balaban J connectivity index is 1.85. The maximum Gasteiger partial charge on any atom is 0.0396 e. The molecular weight excluding hydrogens is 222 g/mol. The van der Waals surface area contributed by atoms with E-state index in [1.807, 2.05) is 0 Å². The van der Waals surface area contributed by atoms with Crippen LogP contribution in [0.2, 0.25) is 0 Å². The second kappa shape index (κ2) is 6.21. The second-order valence-corrected chi connectivity index (χ2v) is 5.42.